The van der Waals surface area contributed by atoms with Crippen LogP contribution in [0.2, 0.25) is 0 Å². The van der Waals surface area contributed by atoms with E-state index in [9.17, 15) is 9.59 Å². The Morgan fingerprint density at radius 3 is 2.58 bits per heavy atom. The number of carbonyl (C=O) groups excluding carboxylic acids is 2. The minimum absolute atomic E-state index is 0.167. The van der Waals surface area contributed by atoms with Crippen molar-refractivity contribution in [1.82, 2.24) is 9.88 Å². The molecule has 1 aromatic heterocycles. The second-order valence-electron chi connectivity index (χ2n) is 5.40. The third kappa shape index (κ3) is 3.98. The maximum Gasteiger partial charge on any atom is 0.313 e. The van der Waals surface area contributed by atoms with Crippen molar-refractivity contribution in [1.29, 1.82) is 5.26 Å². The number of benzene rings is 1. The van der Waals surface area contributed by atoms with Crippen molar-refractivity contribution in [2.75, 3.05) is 12.4 Å². The number of amides is 2. The summed E-state index contributed by atoms with van der Waals surface area (Å²) in [5.41, 5.74) is 1.31. The summed E-state index contributed by atoms with van der Waals surface area (Å²) < 4.78 is 5.42. The zero-order chi connectivity index (χ0) is 17.7. The van der Waals surface area contributed by atoms with Crippen LogP contribution in [0.15, 0.2) is 34.9 Å². The molecule has 0 aliphatic heterocycles. The number of nitriles is 1. The van der Waals surface area contributed by atoms with Crippen molar-refractivity contribution in [3.05, 3.63) is 36.4 Å². The second kappa shape index (κ2) is 7.42. The lowest BCUT2D eigenvalue weighted by molar-refractivity contribution is -0.143. The van der Waals surface area contributed by atoms with Crippen LogP contribution < -0.4 is 5.32 Å². The Balaban J connectivity index is 2.02. The summed E-state index contributed by atoms with van der Waals surface area (Å²) in [5.74, 6) is -0.229. The van der Waals surface area contributed by atoms with Crippen LogP contribution in [0.25, 0.3) is 11.3 Å². The monoisotopic (exact) mass is 326 g/mol. The van der Waals surface area contributed by atoms with E-state index in [1.165, 1.54) is 11.9 Å². The molecule has 24 heavy (non-hydrogen) atoms. The third-order valence-electron chi connectivity index (χ3n) is 3.61. The second-order valence-corrected chi connectivity index (χ2v) is 5.40. The highest BCUT2D eigenvalue weighted by Gasteiger charge is 2.22. The summed E-state index contributed by atoms with van der Waals surface area (Å²) >= 11 is 0. The number of likely N-dealkylation sites (N-methyl/N-ethyl adjacent to an activating group) is 1. The van der Waals surface area contributed by atoms with Gasteiger partial charge in [-0.25, -0.2) is 4.98 Å². The van der Waals surface area contributed by atoms with Crippen molar-refractivity contribution in [2.24, 2.45) is 0 Å². The summed E-state index contributed by atoms with van der Waals surface area (Å²) in [4.78, 5) is 29.3. The van der Waals surface area contributed by atoms with Gasteiger partial charge in [0.1, 0.15) is 0 Å². The summed E-state index contributed by atoms with van der Waals surface area (Å²) in [6.45, 7) is 3.47. The van der Waals surface area contributed by atoms with Gasteiger partial charge in [-0.05, 0) is 31.2 Å². The van der Waals surface area contributed by atoms with E-state index in [1.54, 1.807) is 44.3 Å². The molecule has 0 saturated heterocycles. The van der Waals surface area contributed by atoms with Crippen LogP contribution in [0.4, 0.5) is 5.69 Å². The standard InChI is InChI=1S/C17H18N4O3/c1-11(8-9-18)21(3)17(23)16(22)20-14-6-4-13(5-7-14)15-10-19-12(2)24-15/h4-7,10-11H,8H2,1-3H3,(H,20,22)/t11-/m1/s1. The number of aromatic nitrogens is 1. The van der Waals surface area contributed by atoms with Crippen LogP contribution in [0.1, 0.15) is 19.2 Å². The molecule has 1 aromatic carbocycles. The molecule has 2 rings (SSSR count). The van der Waals surface area contributed by atoms with Gasteiger partial charge in [0.25, 0.3) is 0 Å². The minimum Gasteiger partial charge on any atom is -0.441 e. The summed E-state index contributed by atoms with van der Waals surface area (Å²) in [7, 11) is 1.50. The first-order valence-electron chi connectivity index (χ1n) is 7.40. The van der Waals surface area contributed by atoms with E-state index in [1.807, 2.05) is 6.07 Å². The van der Waals surface area contributed by atoms with Crippen molar-refractivity contribution in [3.63, 3.8) is 0 Å². The normalized spacial score (nSPS) is 11.4. The van der Waals surface area contributed by atoms with Crippen molar-refractivity contribution in [3.8, 4) is 17.4 Å². The summed E-state index contributed by atoms with van der Waals surface area (Å²) in [6, 6.07) is 8.53. The van der Waals surface area contributed by atoms with Crippen LogP contribution >= 0.6 is 0 Å². The van der Waals surface area contributed by atoms with Gasteiger partial charge in [0.15, 0.2) is 11.7 Å². The first-order valence-corrected chi connectivity index (χ1v) is 7.40. The van der Waals surface area contributed by atoms with Gasteiger partial charge in [0, 0.05) is 31.3 Å². The molecule has 1 N–H and O–H groups in total. The van der Waals surface area contributed by atoms with E-state index in [2.05, 4.69) is 10.3 Å². The van der Waals surface area contributed by atoms with Gasteiger partial charge in [-0.2, -0.15) is 5.26 Å². The smallest absolute Gasteiger partial charge is 0.313 e. The van der Waals surface area contributed by atoms with E-state index in [0.29, 0.717) is 17.3 Å². The van der Waals surface area contributed by atoms with Crippen LogP contribution in [-0.4, -0.2) is 34.8 Å². The maximum absolute atomic E-state index is 12.0. The molecule has 124 valence electrons. The Labute approximate surface area is 139 Å². The molecule has 0 radical (unpaired) electrons. The number of rotatable bonds is 4. The van der Waals surface area contributed by atoms with E-state index in [-0.39, 0.29) is 12.5 Å². The molecule has 0 saturated carbocycles. The zero-order valence-electron chi connectivity index (χ0n) is 13.7. The highest BCUT2D eigenvalue weighted by atomic mass is 16.4. The lowest BCUT2D eigenvalue weighted by Gasteiger charge is -2.22. The van der Waals surface area contributed by atoms with Crippen LogP contribution in [0.3, 0.4) is 0 Å². The van der Waals surface area contributed by atoms with Gasteiger partial charge in [-0.15, -0.1) is 0 Å². The number of nitrogens with zero attached hydrogens (tertiary/aromatic N) is 3. The lowest BCUT2D eigenvalue weighted by atomic mass is 10.1. The molecule has 0 spiro atoms. The number of carbonyl (C=O) groups is 2. The molecular formula is C17H18N4O3. The molecule has 0 fully saturated rings. The number of nitrogens with one attached hydrogen (secondary N) is 1. The van der Waals surface area contributed by atoms with Crippen LogP contribution in [0, 0.1) is 18.3 Å². The number of hydrogen-bond acceptors (Lipinski definition) is 5. The van der Waals surface area contributed by atoms with Gasteiger partial charge in [-0.3, -0.25) is 9.59 Å². The molecule has 0 bridgehead atoms. The Kier molecular flexibility index (Phi) is 5.32. The molecule has 2 aromatic rings. The van der Waals surface area contributed by atoms with Crippen molar-refractivity contribution in [2.45, 2.75) is 26.3 Å². The van der Waals surface area contributed by atoms with Gasteiger partial charge < -0.3 is 14.6 Å². The van der Waals surface area contributed by atoms with Crippen molar-refractivity contribution >= 4 is 17.5 Å². The molecule has 1 atom stereocenters. The first-order chi connectivity index (χ1) is 11.4. The summed E-state index contributed by atoms with van der Waals surface area (Å²) in [6.07, 6.45) is 1.79. The predicted octanol–water partition coefficient (Wildman–Crippen LogP) is 2.35. The van der Waals surface area contributed by atoms with Crippen LogP contribution in [-0.2, 0) is 9.59 Å². The van der Waals surface area contributed by atoms with Gasteiger partial charge in [-0.1, -0.05) is 0 Å². The maximum atomic E-state index is 12.0. The van der Waals surface area contributed by atoms with Crippen molar-refractivity contribution < 1.29 is 14.0 Å². The Bertz CT molecular complexity index is 774. The third-order valence-corrected chi connectivity index (χ3v) is 3.61. The number of hydrogen-bond donors (Lipinski definition) is 1. The summed E-state index contributed by atoms with van der Waals surface area (Å²) in [5, 5.41) is 11.2. The highest BCUT2D eigenvalue weighted by molar-refractivity contribution is 6.39. The largest absolute Gasteiger partial charge is 0.441 e. The topological polar surface area (TPSA) is 99.2 Å². The first kappa shape index (κ1) is 17.2. The lowest BCUT2D eigenvalue weighted by Crippen LogP contribution is -2.42. The quantitative estimate of drug-likeness (QED) is 0.869. The molecule has 0 unspecified atom stereocenters. The zero-order valence-corrected chi connectivity index (χ0v) is 13.7. The average molecular weight is 326 g/mol. The predicted molar refractivity (Wildman–Crippen MR) is 87.8 cm³/mol. The van der Waals surface area contributed by atoms with Gasteiger partial charge in [0.2, 0.25) is 0 Å². The van der Waals surface area contributed by atoms with Crippen LogP contribution in [0.5, 0.6) is 0 Å². The fraction of sp³-hybridized carbons (Fsp3) is 0.294. The van der Waals surface area contributed by atoms with E-state index < -0.39 is 11.8 Å². The molecular weight excluding hydrogens is 308 g/mol. The van der Waals surface area contributed by atoms with E-state index in [4.69, 9.17) is 9.68 Å². The molecule has 7 heteroatoms. The molecule has 0 aliphatic carbocycles. The fourth-order valence-electron chi connectivity index (χ4n) is 2.03. The SMILES string of the molecule is Cc1ncc(-c2ccc(NC(=O)C(=O)N(C)[C@H](C)CC#N)cc2)o1. The average Bonchev–Trinajstić information content (AvgIpc) is 3.00. The number of oxazole rings is 1. The minimum atomic E-state index is -0.745. The molecule has 1 heterocycles. The van der Waals surface area contributed by atoms with E-state index in [0.717, 1.165) is 5.56 Å². The molecule has 7 nitrogen and oxygen atoms in total. The van der Waals surface area contributed by atoms with Gasteiger partial charge >= 0.3 is 11.8 Å². The Morgan fingerprint density at radius 2 is 2.04 bits per heavy atom. The fourth-order valence-corrected chi connectivity index (χ4v) is 2.03. The van der Waals surface area contributed by atoms with Gasteiger partial charge in [0.05, 0.1) is 18.7 Å². The number of anilines is 1. The molecule has 0 aliphatic rings. The highest BCUT2D eigenvalue weighted by Crippen LogP contribution is 2.22. The Morgan fingerprint density at radius 1 is 1.38 bits per heavy atom. The Hall–Kier alpha value is -3.14. The number of aryl methyl sites for hydroxylation is 1. The molecule has 2 amide bonds. The van der Waals surface area contributed by atoms with E-state index >= 15 is 0 Å².